The van der Waals surface area contributed by atoms with Crippen LogP contribution in [-0.2, 0) is 13.1 Å². The zero-order valence-electron chi connectivity index (χ0n) is 17.0. The van der Waals surface area contributed by atoms with Crippen LogP contribution in [0, 0.1) is 0 Å². The van der Waals surface area contributed by atoms with Crippen molar-refractivity contribution in [3.05, 3.63) is 78.1 Å². The van der Waals surface area contributed by atoms with Crippen molar-refractivity contribution in [2.24, 2.45) is 0 Å². The molecule has 2 aromatic heterocycles. The van der Waals surface area contributed by atoms with Gasteiger partial charge < -0.3 is 18.5 Å². The summed E-state index contributed by atoms with van der Waals surface area (Å²) < 4.78 is 40.8. The van der Waals surface area contributed by atoms with Crippen LogP contribution in [0.15, 0.2) is 69.9 Å². The van der Waals surface area contributed by atoms with Crippen molar-refractivity contribution >= 4 is 5.91 Å². The summed E-state index contributed by atoms with van der Waals surface area (Å²) in [5, 5.41) is 0. The van der Waals surface area contributed by atoms with Crippen LogP contribution < -0.4 is 4.74 Å². The highest BCUT2D eigenvalue weighted by Crippen LogP contribution is 2.26. The van der Waals surface area contributed by atoms with Gasteiger partial charge in [-0.1, -0.05) is 18.2 Å². The largest absolute Gasteiger partial charge is 0.467 e. The Morgan fingerprint density at radius 2 is 1.81 bits per heavy atom. The number of furan rings is 2. The van der Waals surface area contributed by atoms with Crippen molar-refractivity contribution in [2.75, 3.05) is 13.1 Å². The minimum atomic E-state index is -2.85. The van der Waals surface area contributed by atoms with Gasteiger partial charge in [-0.15, -0.1) is 0 Å². The van der Waals surface area contributed by atoms with Gasteiger partial charge in [0.15, 0.2) is 5.76 Å². The number of carbonyl (C=O) groups excluding carboxylic acids is 1. The number of benzene rings is 1. The van der Waals surface area contributed by atoms with E-state index in [9.17, 15) is 13.6 Å². The van der Waals surface area contributed by atoms with Gasteiger partial charge in [0, 0.05) is 31.2 Å². The number of hydrogen-bond acceptors (Lipinski definition) is 5. The molecule has 4 rings (SSSR count). The van der Waals surface area contributed by atoms with Crippen molar-refractivity contribution < 1.29 is 27.1 Å². The smallest absolute Gasteiger partial charge is 0.387 e. The van der Waals surface area contributed by atoms with Gasteiger partial charge in [-0.05, 0) is 43.2 Å². The summed E-state index contributed by atoms with van der Waals surface area (Å²) in [6.45, 7) is -0.515. The lowest BCUT2D eigenvalue weighted by atomic mass is 10.0. The lowest BCUT2D eigenvalue weighted by molar-refractivity contribution is -0.0508. The fraction of sp³-hybridized carbons (Fsp3) is 0.348. The minimum absolute atomic E-state index is 0.0199. The van der Waals surface area contributed by atoms with Crippen LogP contribution in [0.3, 0.4) is 0 Å². The molecule has 0 spiro atoms. The van der Waals surface area contributed by atoms with E-state index < -0.39 is 6.61 Å². The van der Waals surface area contributed by atoms with E-state index in [2.05, 4.69) is 9.64 Å². The summed E-state index contributed by atoms with van der Waals surface area (Å²) in [4.78, 5) is 17.0. The Balaban J connectivity index is 1.41. The number of rotatable bonds is 8. The van der Waals surface area contributed by atoms with Gasteiger partial charge >= 0.3 is 6.61 Å². The van der Waals surface area contributed by atoms with E-state index in [0.717, 1.165) is 31.5 Å². The number of amides is 1. The second-order valence-corrected chi connectivity index (χ2v) is 7.48. The second kappa shape index (κ2) is 9.78. The van der Waals surface area contributed by atoms with Gasteiger partial charge in [0.25, 0.3) is 5.91 Å². The summed E-state index contributed by atoms with van der Waals surface area (Å²) in [6, 6.07) is 13.9. The Kier molecular flexibility index (Phi) is 6.66. The molecule has 31 heavy (non-hydrogen) atoms. The van der Waals surface area contributed by atoms with Gasteiger partial charge in [-0.25, -0.2) is 0 Å². The number of likely N-dealkylation sites (tertiary alicyclic amines) is 1. The quantitative estimate of drug-likeness (QED) is 0.515. The molecule has 0 atom stereocenters. The fourth-order valence-corrected chi connectivity index (χ4v) is 3.95. The lowest BCUT2D eigenvalue weighted by Crippen LogP contribution is -2.46. The van der Waals surface area contributed by atoms with Crippen LogP contribution in [0.1, 0.15) is 34.7 Å². The number of alkyl halides is 2. The Morgan fingerprint density at radius 3 is 2.48 bits per heavy atom. The van der Waals surface area contributed by atoms with E-state index in [-0.39, 0.29) is 17.7 Å². The maximum atomic E-state index is 13.0. The van der Waals surface area contributed by atoms with Crippen molar-refractivity contribution in [3.8, 4) is 5.75 Å². The molecule has 0 radical (unpaired) electrons. The Labute approximate surface area is 179 Å². The van der Waals surface area contributed by atoms with Crippen molar-refractivity contribution in [1.29, 1.82) is 0 Å². The van der Waals surface area contributed by atoms with E-state index in [0.29, 0.717) is 24.6 Å². The Hall–Kier alpha value is -3.13. The number of ether oxygens (including phenoxy) is 1. The third-order valence-electron chi connectivity index (χ3n) is 5.48. The average Bonchev–Trinajstić information content (AvgIpc) is 3.48. The van der Waals surface area contributed by atoms with Gasteiger partial charge in [0.05, 0.1) is 19.1 Å². The Morgan fingerprint density at radius 1 is 1.06 bits per heavy atom. The highest BCUT2D eigenvalue weighted by Gasteiger charge is 2.30. The number of halogens is 2. The van der Waals surface area contributed by atoms with E-state index in [4.69, 9.17) is 8.83 Å². The first-order valence-electron chi connectivity index (χ1n) is 10.2. The van der Waals surface area contributed by atoms with Crippen LogP contribution >= 0.6 is 0 Å². The van der Waals surface area contributed by atoms with Crippen molar-refractivity contribution in [2.45, 2.75) is 38.6 Å². The summed E-state index contributed by atoms with van der Waals surface area (Å²) in [7, 11) is 0. The molecular weight excluding hydrogens is 406 g/mol. The van der Waals surface area contributed by atoms with Gasteiger partial charge in [0.2, 0.25) is 0 Å². The maximum Gasteiger partial charge on any atom is 0.387 e. The number of para-hydroxylation sites is 1. The molecular formula is C23H24F2N2O4. The number of hydrogen-bond donors (Lipinski definition) is 0. The van der Waals surface area contributed by atoms with Crippen LogP contribution in [-0.4, -0.2) is 41.4 Å². The van der Waals surface area contributed by atoms with E-state index >= 15 is 0 Å². The molecule has 1 aliphatic heterocycles. The molecule has 164 valence electrons. The third-order valence-corrected chi connectivity index (χ3v) is 5.48. The SMILES string of the molecule is O=C(c1ccco1)N(Cc1ccco1)C1CCN(Cc2ccccc2OC(F)F)CC1. The van der Waals surface area contributed by atoms with E-state index in [1.807, 2.05) is 12.1 Å². The predicted octanol–water partition coefficient (Wildman–Crippen LogP) is 4.78. The highest BCUT2D eigenvalue weighted by molar-refractivity contribution is 5.91. The summed E-state index contributed by atoms with van der Waals surface area (Å²) in [6.07, 6.45) is 4.59. The molecule has 8 heteroatoms. The first kappa shape index (κ1) is 21.1. The molecule has 1 saturated heterocycles. The summed E-state index contributed by atoms with van der Waals surface area (Å²) in [5.74, 6) is 1.04. The molecule has 1 amide bonds. The first-order chi connectivity index (χ1) is 15.1. The molecule has 3 aromatic rings. The molecule has 0 unspecified atom stereocenters. The minimum Gasteiger partial charge on any atom is -0.467 e. The predicted molar refractivity (Wildman–Crippen MR) is 109 cm³/mol. The normalized spacial score (nSPS) is 15.3. The van der Waals surface area contributed by atoms with Gasteiger partial charge in [-0.3, -0.25) is 9.69 Å². The van der Waals surface area contributed by atoms with Crippen molar-refractivity contribution in [3.63, 3.8) is 0 Å². The standard InChI is InChI=1S/C23H24F2N2O4/c24-23(25)31-20-7-2-1-5-17(20)15-26-11-9-18(10-12-26)27(16-19-6-3-13-29-19)22(28)21-8-4-14-30-21/h1-8,13-14,18,23H,9-12,15-16H2. The maximum absolute atomic E-state index is 13.0. The topological polar surface area (TPSA) is 59.1 Å². The van der Waals surface area contributed by atoms with Crippen LogP contribution in [0.25, 0.3) is 0 Å². The Bertz CT molecular complexity index is 952. The van der Waals surface area contributed by atoms with Crippen LogP contribution in [0.2, 0.25) is 0 Å². The molecule has 0 saturated carbocycles. The zero-order valence-corrected chi connectivity index (χ0v) is 17.0. The lowest BCUT2D eigenvalue weighted by Gasteiger charge is -2.38. The molecule has 0 bridgehead atoms. The summed E-state index contributed by atoms with van der Waals surface area (Å²) >= 11 is 0. The molecule has 0 N–H and O–H groups in total. The summed E-state index contributed by atoms with van der Waals surface area (Å²) in [5.41, 5.74) is 0.723. The highest BCUT2D eigenvalue weighted by atomic mass is 19.3. The monoisotopic (exact) mass is 430 g/mol. The zero-order chi connectivity index (χ0) is 21.6. The fourth-order valence-electron chi connectivity index (χ4n) is 3.95. The van der Waals surface area contributed by atoms with Crippen LogP contribution in [0.5, 0.6) is 5.75 Å². The number of carbonyl (C=O) groups is 1. The van der Waals surface area contributed by atoms with E-state index in [1.165, 1.54) is 6.26 Å². The molecule has 1 aromatic carbocycles. The molecule has 6 nitrogen and oxygen atoms in total. The van der Waals surface area contributed by atoms with Crippen molar-refractivity contribution in [1.82, 2.24) is 9.80 Å². The van der Waals surface area contributed by atoms with Gasteiger partial charge in [0.1, 0.15) is 11.5 Å². The molecule has 3 heterocycles. The molecule has 1 aliphatic rings. The van der Waals surface area contributed by atoms with Crippen LogP contribution in [0.4, 0.5) is 8.78 Å². The molecule has 0 aliphatic carbocycles. The third kappa shape index (κ3) is 5.32. The number of nitrogens with zero attached hydrogens (tertiary/aromatic N) is 2. The second-order valence-electron chi connectivity index (χ2n) is 7.48. The van der Waals surface area contributed by atoms with Gasteiger partial charge in [-0.2, -0.15) is 8.78 Å². The number of piperidine rings is 1. The van der Waals surface area contributed by atoms with E-state index in [1.54, 1.807) is 47.6 Å². The average molecular weight is 430 g/mol. The first-order valence-corrected chi connectivity index (χ1v) is 10.2. The molecule has 1 fully saturated rings.